The number of ether oxygens (including phenoxy) is 2. The van der Waals surface area contributed by atoms with E-state index in [2.05, 4.69) is 15.5 Å². The highest BCUT2D eigenvalue weighted by Gasteiger charge is 2.29. The maximum absolute atomic E-state index is 12.2. The van der Waals surface area contributed by atoms with Gasteiger partial charge < -0.3 is 24.1 Å². The van der Waals surface area contributed by atoms with Crippen LogP contribution in [0.5, 0.6) is 11.5 Å². The van der Waals surface area contributed by atoms with Gasteiger partial charge in [0.15, 0.2) is 11.5 Å². The van der Waals surface area contributed by atoms with Gasteiger partial charge in [-0.3, -0.25) is 0 Å². The van der Waals surface area contributed by atoms with E-state index in [0.717, 1.165) is 24.9 Å². The predicted molar refractivity (Wildman–Crippen MR) is 93.1 cm³/mol. The highest BCUT2D eigenvalue weighted by molar-refractivity contribution is 5.74. The molecule has 1 saturated heterocycles. The monoisotopic (exact) mass is 358 g/mol. The number of carbonyl (C=O) groups excluding carboxylic acids is 1. The van der Waals surface area contributed by atoms with Crippen LogP contribution in [0.3, 0.4) is 0 Å². The second-order valence-electron chi connectivity index (χ2n) is 6.90. The molecular formula is C18H22N4O4. The van der Waals surface area contributed by atoms with Crippen molar-refractivity contribution in [3.05, 3.63) is 24.1 Å². The number of benzene rings is 1. The van der Waals surface area contributed by atoms with E-state index >= 15 is 0 Å². The van der Waals surface area contributed by atoms with Crippen molar-refractivity contribution in [3.63, 3.8) is 0 Å². The topological polar surface area (TPSA) is 89.7 Å². The van der Waals surface area contributed by atoms with Gasteiger partial charge in [0.1, 0.15) is 0 Å². The molecule has 1 atom stereocenters. The molecule has 2 aliphatic heterocycles. The van der Waals surface area contributed by atoms with Gasteiger partial charge in [-0.25, -0.2) is 4.79 Å². The summed E-state index contributed by atoms with van der Waals surface area (Å²) in [5.41, 5.74) is 0.790. The predicted octanol–water partition coefficient (Wildman–Crippen LogP) is 2.76. The number of hydrogen-bond acceptors (Lipinski definition) is 6. The van der Waals surface area contributed by atoms with Gasteiger partial charge in [-0.2, -0.15) is 0 Å². The molecular weight excluding hydrogens is 336 g/mol. The molecule has 2 amide bonds. The van der Waals surface area contributed by atoms with E-state index in [4.69, 9.17) is 13.9 Å². The van der Waals surface area contributed by atoms with Crippen molar-refractivity contribution in [2.75, 3.05) is 19.9 Å². The molecule has 1 aromatic heterocycles. The van der Waals surface area contributed by atoms with Gasteiger partial charge in [-0.1, -0.05) is 0 Å². The molecule has 2 aliphatic rings. The zero-order valence-corrected chi connectivity index (χ0v) is 14.9. The Balaban J connectivity index is 1.48. The molecule has 0 bridgehead atoms. The van der Waals surface area contributed by atoms with E-state index < -0.39 is 0 Å². The number of nitrogens with one attached hydrogen (secondary N) is 1. The van der Waals surface area contributed by atoms with Gasteiger partial charge in [0.2, 0.25) is 18.6 Å². The molecule has 0 radical (unpaired) electrons. The summed E-state index contributed by atoms with van der Waals surface area (Å²) in [7, 11) is 0. The third-order valence-electron chi connectivity index (χ3n) is 4.53. The van der Waals surface area contributed by atoms with Crippen molar-refractivity contribution in [2.24, 2.45) is 0 Å². The first-order valence-corrected chi connectivity index (χ1v) is 8.89. The van der Waals surface area contributed by atoms with Gasteiger partial charge in [0, 0.05) is 24.7 Å². The fourth-order valence-electron chi connectivity index (χ4n) is 3.25. The standard InChI is InChI=1S/C18H22N4O4/c1-11(2)19-18(23)22-7-3-4-13(9-22)17-21-20-16(26-17)12-5-6-14-15(8-12)25-10-24-14/h5-6,8,11,13H,3-4,7,9-10H2,1-2H3,(H,19,23)/t13-/m0/s1. The number of carbonyl (C=O) groups is 1. The highest BCUT2D eigenvalue weighted by Crippen LogP contribution is 2.36. The average Bonchev–Trinajstić information content (AvgIpc) is 3.30. The zero-order chi connectivity index (χ0) is 18.1. The number of rotatable bonds is 3. The number of likely N-dealkylation sites (tertiary alicyclic amines) is 1. The fourth-order valence-corrected chi connectivity index (χ4v) is 3.25. The molecule has 0 saturated carbocycles. The maximum Gasteiger partial charge on any atom is 0.317 e. The third-order valence-corrected chi connectivity index (χ3v) is 4.53. The summed E-state index contributed by atoms with van der Waals surface area (Å²) in [5.74, 6) is 2.46. The molecule has 1 aromatic carbocycles. The molecule has 1 N–H and O–H groups in total. The first-order chi connectivity index (χ1) is 12.6. The molecule has 2 aromatic rings. The Morgan fingerprint density at radius 3 is 2.96 bits per heavy atom. The van der Waals surface area contributed by atoms with Crippen LogP contribution in [0, 0.1) is 0 Å². The molecule has 0 spiro atoms. The van der Waals surface area contributed by atoms with E-state index in [1.54, 1.807) is 0 Å². The van der Waals surface area contributed by atoms with Crippen LogP contribution in [-0.2, 0) is 0 Å². The van der Waals surface area contributed by atoms with Crippen molar-refractivity contribution < 1.29 is 18.7 Å². The molecule has 26 heavy (non-hydrogen) atoms. The summed E-state index contributed by atoms with van der Waals surface area (Å²) in [4.78, 5) is 14.1. The van der Waals surface area contributed by atoms with E-state index in [9.17, 15) is 4.79 Å². The van der Waals surface area contributed by atoms with Gasteiger partial charge in [0.25, 0.3) is 0 Å². The minimum atomic E-state index is -0.0415. The second kappa shape index (κ2) is 6.86. The minimum absolute atomic E-state index is 0.0415. The van der Waals surface area contributed by atoms with Crippen LogP contribution in [0.4, 0.5) is 4.79 Å². The van der Waals surface area contributed by atoms with Crippen molar-refractivity contribution in [1.29, 1.82) is 0 Å². The van der Waals surface area contributed by atoms with Crippen LogP contribution in [0.15, 0.2) is 22.6 Å². The number of fused-ring (bicyclic) bond motifs is 1. The van der Waals surface area contributed by atoms with E-state index in [1.807, 2.05) is 36.9 Å². The molecule has 3 heterocycles. The zero-order valence-electron chi connectivity index (χ0n) is 14.9. The average molecular weight is 358 g/mol. The van der Waals surface area contributed by atoms with Crippen LogP contribution < -0.4 is 14.8 Å². The highest BCUT2D eigenvalue weighted by atomic mass is 16.7. The lowest BCUT2D eigenvalue weighted by molar-refractivity contribution is 0.172. The summed E-state index contributed by atoms with van der Waals surface area (Å²) in [5, 5.41) is 11.3. The normalized spacial score (nSPS) is 19.0. The Morgan fingerprint density at radius 2 is 2.12 bits per heavy atom. The van der Waals surface area contributed by atoms with E-state index in [0.29, 0.717) is 29.8 Å². The quantitative estimate of drug-likeness (QED) is 0.907. The summed E-state index contributed by atoms with van der Waals surface area (Å²) in [6.07, 6.45) is 1.84. The van der Waals surface area contributed by atoms with Crippen LogP contribution >= 0.6 is 0 Å². The summed E-state index contributed by atoms with van der Waals surface area (Å²) < 4.78 is 16.6. The first kappa shape index (κ1) is 16.7. The summed E-state index contributed by atoms with van der Waals surface area (Å²) in [6.45, 7) is 5.47. The Morgan fingerprint density at radius 1 is 1.27 bits per heavy atom. The number of urea groups is 1. The van der Waals surface area contributed by atoms with Crippen molar-refractivity contribution in [2.45, 2.75) is 38.6 Å². The van der Waals surface area contributed by atoms with Crippen LogP contribution in [0.25, 0.3) is 11.5 Å². The van der Waals surface area contributed by atoms with Crippen LogP contribution in [-0.4, -0.2) is 47.1 Å². The Labute approximate surface area is 151 Å². The lowest BCUT2D eigenvalue weighted by Gasteiger charge is -2.31. The summed E-state index contributed by atoms with van der Waals surface area (Å²) in [6, 6.07) is 5.61. The Hall–Kier alpha value is -2.77. The lowest BCUT2D eigenvalue weighted by Crippen LogP contribution is -2.47. The fraction of sp³-hybridized carbons (Fsp3) is 0.500. The molecule has 138 valence electrons. The molecule has 4 rings (SSSR count). The molecule has 0 unspecified atom stereocenters. The SMILES string of the molecule is CC(C)NC(=O)N1CCC[C@H](c2nnc(-c3ccc4c(c3)OCO4)o2)C1. The maximum atomic E-state index is 12.2. The Kier molecular flexibility index (Phi) is 4.40. The summed E-state index contributed by atoms with van der Waals surface area (Å²) >= 11 is 0. The second-order valence-corrected chi connectivity index (χ2v) is 6.90. The molecule has 0 aliphatic carbocycles. The Bertz CT molecular complexity index is 804. The number of piperidine rings is 1. The molecule has 1 fully saturated rings. The largest absolute Gasteiger partial charge is 0.454 e. The smallest absolute Gasteiger partial charge is 0.317 e. The van der Waals surface area contributed by atoms with Gasteiger partial charge in [-0.15, -0.1) is 10.2 Å². The minimum Gasteiger partial charge on any atom is -0.454 e. The lowest BCUT2D eigenvalue weighted by atomic mass is 9.98. The van der Waals surface area contributed by atoms with Gasteiger partial charge >= 0.3 is 6.03 Å². The van der Waals surface area contributed by atoms with Crippen molar-refractivity contribution >= 4 is 6.03 Å². The van der Waals surface area contributed by atoms with Crippen LogP contribution in [0.1, 0.15) is 38.5 Å². The number of aromatic nitrogens is 2. The van der Waals surface area contributed by atoms with E-state index in [1.165, 1.54) is 0 Å². The van der Waals surface area contributed by atoms with Gasteiger partial charge in [-0.05, 0) is 44.9 Å². The number of hydrogen-bond donors (Lipinski definition) is 1. The number of amides is 2. The van der Waals surface area contributed by atoms with E-state index in [-0.39, 0.29) is 24.8 Å². The van der Waals surface area contributed by atoms with Gasteiger partial charge in [0.05, 0.1) is 5.92 Å². The third kappa shape index (κ3) is 3.31. The number of nitrogens with zero attached hydrogens (tertiary/aromatic N) is 3. The first-order valence-electron chi connectivity index (χ1n) is 8.89. The van der Waals surface area contributed by atoms with Crippen molar-refractivity contribution in [1.82, 2.24) is 20.4 Å². The molecule has 8 nitrogen and oxygen atoms in total. The van der Waals surface area contributed by atoms with Crippen molar-refractivity contribution in [3.8, 4) is 23.0 Å². The molecule has 8 heteroatoms. The van der Waals surface area contributed by atoms with Crippen LogP contribution in [0.2, 0.25) is 0 Å².